The molecule has 2 aromatic rings. The molecule has 0 aliphatic carbocycles. The summed E-state index contributed by atoms with van der Waals surface area (Å²) < 4.78 is 26.1. The molecule has 0 aliphatic heterocycles. The number of rotatable bonds is 6. The summed E-state index contributed by atoms with van der Waals surface area (Å²) in [5.41, 5.74) is 1.26. The molecule has 0 saturated carbocycles. The third-order valence-corrected chi connectivity index (χ3v) is 3.42. The molecule has 0 aromatic carbocycles. The number of halogens is 2. The van der Waals surface area contributed by atoms with Crippen LogP contribution in [0.1, 0.15) is 24.9 Å². The molecule has 0 aliphatic rings. The Kier molecular flexibility index (Phi) is 4.43. The van der Waals surface area contributed by atoms with Crippen LogP contribution in [0, 0.1) is 0 Å². The quantitative estimate of drug-likeness (QED) is 0.875. The van der Waals surface area contributed by atoms with Gasteiger partial charge in [0, 0.05) is 18.4 Å². The van der Waals surface area contributed by atoms with Crippen molar-refractivity contribution < 1.29 is 8.78 Å². The van der Waals surface area contributed by atoms with E-state index < -0.39 is 6.55 Å². The fourth-order valence-corrected chi connectivity index (χ4v) is 2.44. The van der Waals surface area contributed by atoms with Crippen molar-refractivity contribution in [3.05, 3.63) is 40.6 Å². The first-order valence-corrected chi connectivity index (χ1v) is 6.65. The molecule has 3 nitrogen and oxygen atoms in total. The van der Waals surface area contributed by atoms with E-state index in [9.17, 15) is 8.78 Å². The lowest BCUT2D eigenvalue weighted by Crippen LogP contribution is -2.28. The van der Waals surface area contributed by atoms with Crippen LogP contribution < -0.4 is 5.32 Å². The number of nitrogens with one attached hydrogen (secondary N) is 1. The van der Waals surface area contributed by atoms with Gasteiger partial charge in [-0.25, -0.2) is 4.98 Å². The summed E-state index contributed by atoms with van der Waals surface area (Å²) >= 11 is 1.66. The molecule has 1 atom stereocenters. The maximum Gasteiger partial charge on any atom is 0.319 e. The second-order valence-corrected chi connectivity index (χ2v) is 4.93. The number of alkyl halides is 2. The lowest BCUT2D eigenvalue weighted by atomic mass is 10.1. The van der Waals surface area contributed by atoms with Crippen molar-refractivity contribution in [3.8, 4) is 0 Å². The molecule has 0 spiro atoms. The predicted molar refractivity (Wildman–Crippen MR) is 67.8 cm³/mol. The molecular weight excluding hydrogens is 256 g/mol. The van der Waals surface area contributed by atoms with Gasteiger partial charge < -0.3 is 5.32 Å². The summed E-state index contributed by atoms with van der Waals surface area (Å²) in [6, 6.07) is 2.30. The van der Waals surface area contributed by atoms with Gasteiger partial charge >= 0.3 is 6.55 Å². The van der Waals surface area contributed by atoms with Crippen LogP contribution in [0.2, 0.25) is 0 Å². The first kappa shape index (κ1) is 13.2. The van der Waals surface area contributed by atoms with Crippen LogP contribution in [0.5, 0.6) is 0 Å². The summed E-state index contributed by atoms with van der Waals surface area (Å²) in [6.45, 7) is -0.146. The van der Waals surface area contributed by atoms with Crippen LogP contribution in [-0.2, 0) is 13.0 Å². The van der Waals surface area contributed by atoms with Gasteiger partial charge in [0.25, 0.3) is 0 Å². The van der Waals surface area contributed by atoms with Crippen molar-refractivity contribution >= 4 is 11.3 Å². The van der Waals surface area contributed by atoms with Crippen molar-refractivity contribution in [1.29, 1.82) is 0 Å². The van der Waals surface area contributed by atoms with E-state index in [1.54, 1.807) is 11.3 Å². The first-order valence-electron chi connectivity index (χ1n) is 5.71. The van der Waals surface area contributed by atoms with Gasteiger partial charge in [0.05, 0.1) is 6.54 Å². The monoisotopic (exact) mass is 271 g/mol. The van der Waals surface area contributed by atoms with E-state index in [0.29, 0.717) is 12.4 Å². The summed E-state index contributed by atoms with van der Waals surface area (Å²) in [5, 5.41) is 7.34. The zero-order chi connectivity index (χ0) is 13.0. The Balaban J connectivity index is 1.85. The highest BCUT2D eigenvalue weighted by molar-refractivity contribution is 7.07. The van der Waals surface area contributed by atoms with Crippen molar-refractivity contribution in [2.24, 2.45) is 0 Å². The van der Waals surface area contributed by atoms with Gasteiger partial charge in [0.2, 0.25) is 0 Å². The van der Waals surface area contributed by atoms with Crippen LogP contribution >= 0.6 is 11.3 Å². The van der Waals surface area contributed by atoms with Crippen LogP contribution in [0.3, 0.4) is 0 Å². The summed E-state index contributed by atoms with van der Waals surface area (Å²) in [4.78, 5) is 3.93. The Hall–Kier alpha value is -1.27. The van der Waals surface area contributed by atoms with E-state index in [2.05, 4.69) is 21.7 Å². The van der Waals surface area contributed by atoms with Gasteiger partial charge in [-0.05, 0) is 35.7 Å². The van der Waals surface area contributed by atoms with Gasteiger partial charge in [-0.2, -0.15) is 20.1 Å². The second-order valence-electron chi connectivity index (χ2n) is 4.15. The number of hydrogen-bond acceptors (Lipinski definition) is 3. The predicted octanol–water partition coefficient (Wildman–Crippen LogP) is 3.06. The Morgan fingerprint density at radius 3 is 3.00 bits per heavy atom. The van der Waals surface area contributed by atoms with Gasteiger partial charge in [-0.3, -0.25) is 4.57 Å². The third-order valence-electron chi connectivity index (χ3n) is 2.69. The zero-order valence-corrected chi connectivity index (χ0v) is 10.8. The molecule has 0 radical (unpaired) electrons. The molecule has 0 fully saturated rings. The summed E-state index contributed by atoms with van der Waals surface area (Å²) in [7, 11) is 0. The summed E-state index contributed by atoms with van der Waals surface area (Å²) in [6.07, 6.45) is 3.58. The molecule has 2 aromatic heterocycles. The molecular formula is C12H15F2N3S. The fourth-order valence-electron chi connectivity index (χ4n) is 1.76. The average Bonchev–Trinajstić information content (AvgIpc) is 2.96. The minimum Gasteiger partial charge on any atom is -0.307 e. The standard InChI is InChI=1S/C12H15F2N3S/c1-9(6-10-2-5-18-8-10)16-7-11-15-3-4-17(11)12(13)14/h2-5,8-9,12,16H,6-7H2,1H3. The lowest BCUT2D eigenvalue weighted by molar-refractivity contribution is 0.0665. The van der Waals surface area contributed by atoms with E-state index in [1.807, 2.05) is 12.3 Å². The highest BCUT2D eigenvalue weighted by Gasteiger charge is 2.12. The largest absolute Gasteiger partial charge is 0.319 e. The molecule has 1 N–H and O–H groups in total. The lowest BCUT2D eigenvalue weighted by Gasteiger charge is -2.13. The highest BCUT2D eigenvalue weighted by atomic mass is 32.1. The molecule has 0 amide bonds. The number of hydrogen-bond donors (Lipinski definition) is 1. The van der Waals surface area contributed by atoms with Crippen molar-refractivity contribution in [2.45, 2.75) is 32.5 Å². The topological polar surface area (TPSA) is 29.9 Å². The number of aromatic nitrogens is 2. The smallest absolute Gasteiger partial charge is 0.307 e. The van der Waals surface area contributed by atoms with Gasteiger partial charge in [0.15, 0.2) is 0 Å². The minimum absolute atomic E-state index is 0.224. The number of nitrogens with zero attached hydrogens (tertiary/aromatic N) is 2. The molecule has 0 bridgehead atoms. The van der Waals surface area contributed by atoms with Crippen LogP contribution in [0.15, 0.2) is 29.2 Å². The Bertz CT molecular complexity index is 467. The molecule has 2 rings (SSSR count). The van der Waals surface area contributed by atoms with Crippen molar-refractivity contribution in [1.82, 2.24) is 14.9 Å². The van der Waals surface area contributed by atoms with E-state index in [0.717, 1.165) is 11.0 Å². The van der Waals surface area contributed by atoms with E-state index in [4.69, 9.17) is 0 Å². The zero-order valence-electron chi connectivity index (χ0n) is 10.0. The number of thiophene rings is 1. The molecule has 18 heavy (non-hydrogen) atoms. The molecule has 98 valence electrons. The number of imidazole rings is 1. The van der Waals surface area contributed by atoms with Gasteiger partial charge in [-0.15, -0.1) is 0 Å². The second kappa shape index (κ2) is 6.06. The maximum absolute atomic E-state index is 12.6. The SMILES string of the molecule is CC(Cc1ccsc1)NCc1nccn1C(F)F. The summed E-state index contributed by atoms with van der Waals surface area (Å²) in [5.74, 6) is 0.363. The Morgan fingerprint density at radius 1 is 1.50 bits per heavy atom. The minimum atomic E-state index is -2.53. The van der Waals surface area contributed by atoms with E-state index in [-0.39, 0.29) is 6.04 Å². The van der Waals surface area contributed by atoms with E-state index in [1.165, 1.54) is 18.0 Å². The Labute approximate surface area is 108 Å². The molecule has 0 saturated heterocycles. The average molecular weight is 271 g/mol. The van der Waals surface area contributed by atoms with Crippen LogP contribution in [0.25, 0.3) is 0 Å². The third kappa shape index (κ3) is 3.36. The van der Waals surface area contributed by atoms with Crippen LogP contribution in [0.4, 0.5) is 8.78 Å². The Morgan fingerprint density at radius 2 is 2.33 bits per heavy atom. The highest BCUT2D eigenvalue weighted by Crippen LogP contribution is 2.13. The first-order chi connectivity index (χ1) is 8.66. The van der Waals surface area contributed by atoms with Gasteiger partial charge in [-0.1, -0.05) is 0 Å². The maximum atomic E-state index is 12.6. The molecule has 1 unspecified atom stereocenters. The van der Waals surface area contributed by atoms with E-state index >= 15 is 0 Å². The fraction of sp³-hybridized carbons (Fsp3) is 0.417. The normalized spacial score (nSPS) is 13.1. The van der Waals surface area contributed by atoms with Crippen molar-refractivity contribution in [2.75, 3.05) is 0 Å². The van der Waals surface area contributed by atoms with Gasteiger partial charge in [0.1, 0.15) is 5.82 Å². The molecule has 2 heterocycles. The van der Waals surface area contributed by atoms with Crippen molar-refractivity contribution in [3.63, 3.8) is 0 Å². The molecule has 6 heteroatoms. The van der Waals surface area contributed by atoms with Crippen LogP contribution in [-0.4, -0.2) is 15.6 Å².